The zero-order chi connectivity index (χ0) is 25.0. The van der Waals surface area contributed by atoms with Crippen molar-refractivity contribution in [1.29, 1.82) is 0 Å². The van der Waals surface area contributed by atoms with E-state index in [0.29, 0.717) is 5.56 Å². The van der Waals surface area contributed by atoms with Gasteiger partial charge in [-0.15, -0.1) is 0 Å². The summed E-state index contributed by atoms with van der Waals surface area (Å²) in [4.78, 5) is 39.2. The van der Waals surface area contributed by atoms with E-state index >= 15 is 0 Å². The lowest BCUT2D eigenvalue weighted by Crippen LogP contribution is -2.50. The molecular formula is C28H28N2O5. The van der Waals surface area contributed by atoms with Crippen LogP contribution in [-0.4, -0.2) is 34.4 Å². The molecule has 180 valence electrons. The molecule has 0 radical (unpaired) electrons. The van der Waals surface area contributed by atoms with E-state index in [1.165, 1.54) is 4.90 Å². The molecule has 35 heavy (non-hydrogen) atoms. The maximum absolute atomic E-state index is 13.7. The average Bonchev–Trinajstić information content (AvgIpc) is 3.19. The highest BCUT2D eigenvalue weighted by atomic mass is 16.6. The maximum Gasteiger partial charge on any atom is 0.418 e. The predicted molar refractivity (Wildman–Crippen MR) is 131 cm³/mol. The van der Waals surface area contributed by atoms with E-state index in [2.05, 4.69) is 0 Å². The van der Waals surface area contributed by atoms with Crippen molar-refractivity contribution < 1.29 is 19.2 Å². The predicted octanol–water partition coefficient (Wildman–Crippen LogP) is 5.38. The van der Waals surface area contributed by atoms with Gasteiger partial charge < -0.3 is 4.74 Å². The summed E-state index contributed by atoms with van der Waals surface area (Å²) in [5.74, 6) is -1.31. The topological polar surface area (TPSA) is 89.8 Å². The van der Waals surface area contributed by atoms with E-state index in [1.54, 1.807) is 24.3 Å². The number of hydrogen-bond donors (Lipinski definition) is 0. The fraction of sp³-hybridized carbons (Fsp3) is 0.286. The normalized spacial score (nSPS) is 17.7. The van der Waals surface area contributed by atoms with E-state index in [4.69, 9.17) is 4.74 Å². The van der Waals surface area contributed by atoms with Crippen LogP contribution in [0.25, 0.3) is 0 Å². The van der Waals surface area contributed by atoms with Gasteiger partial charge in [0.15, 0.2) is 5.60 Å². The lowest BCUT2D eigenvalue weighted by atomic mass is 9.75. The molecule has 3 aromatic carbocycles. The van der Waals surface area contributed by atoms with E-state index in [-0.39, 0.29) is 12.3 Å². The molecule has 4 rings (SSSR count). The lowest BCUT2D eigenvalue weighted by Gasteiger charge is -2.37. The van der Waals surface area contributed by atoms with Crippen molar-refractivity contribution in [3.05, 3.63) is 118 Å². The standard InChI is InChI=1S/C28H28N2O5/c1-20(2)26-28(23-14-8-4-9-15-23,24-16-10-5-11-17-24)35-27(32)30(26)25(31)18-22(19-29(33)34)21-12-6-3-7-13-21/h3-17,20,22,26H,18-19H2,1-2H3/t22-,26+/m1/s1. The molecule has 1 aliphatic heterocycles. The number of nitrogens with zero attached hydrogens (tertiary/aromatic N) is 2. The first-order chi connectivity index (χ1) is 16.8. The van der Waals surface area contributed by atoms with Crippen molar-refractivity contribution in [2.45, 2.75) is 37.8 Å². The van der Waals surface area contributed by atoms with Gasteiger partial charge in [0.05, 0.1) is 12.0 Å². The SMILES string of the molecule is CC(C)[C@@H]1N(C(=O)C[C@H](C[N+](=O)[O-])c2ccccc2)C(=O)OC1(c1ccccc1)c1ccccc1. The fourth-order valence-corrected chi connectivity index (χ4v) is 5.07. The van der Waals surface area contributed by atoms with E-state index < -0.39 is 41.0 Å². The first-order valence-corrected chi connectivity index (χ1v) is 11.7. The van der Waals surface area contributed by atoms with Gasteiger partial charge in [-0.3, -0.25) is 14.9 Å². The number of ether oxygens (including phenoxy) is 1. The van der Waals surface area contributed by atoms with Crippen LogP contribution >= 0.6 is 0 Å². The molecule has 0 aliphatic carbocycles. The van der Waals surface area contributed by atoms with Gasteiger partial charge in [0, 0.05) is 22.5 Å². The summed E-state index contributed by atoms with van der Waals surface area (Å²) in [7, 11) is 0. The number of carbonyl (C=O) groups excluding carboxylic acids is 2. The van der Waals surface area contributed by atoms with Gasteiger partial charge in [0.2, 0.25) is 12.5 Å². The molecule has 0 unspecified atom stereocenters. The van der Waals surface area contributed by atoms with Crippen LogP contribution in [0.3, 0.4) is 0 Å². The molecule has 1 heterocycles. The molecule has 0 spiro atoms. The van der Waals surface area contributed by atoms with Crippen LogP contribution in [0, 0.1) is 16.0 Å². The largest absolute Gasteiger partial charge is 0.430 e. The number of cyclic esters (lactones) is 1. The summed E-state index contributed by atoms with van der Waals surface area (Å²) in [5.41, 5.74) is 1.01. The van der Waals surface area contributed by atoms with Crippen molar-refractivity contribution in [2.75, 3.05) is 6.54 Å². The van der Waals surface area contributed by atoms with Crippen LogP contribution in [0.1, 0.15) is 42.9 Å². The third-order valence-electron chi connectivity index (χ3n) is 6.51. The molecule has 0 aromatic heterocycles. The highest BCUT2D eigenvalue weighted by molar-refractivity contribution is 5.95. The molecule has 1 fully saturated rings. The minimum atomic E-state index is -1.20. The van der Waals surface area contributed by atoms with Crippen molar-refractivity contribution in [3.8, 4) is 0 Å². The fourth-order valence-electron chi connectivity index (χ4n) is 5.07. The second-order valence-corrected chi connectivity index (χ2v) is 9.12. The highest BCUT2D eigenvalue weighted by Crippen LogP contribution is 2.47. The van der Waals surface area contributed by atoms with Crippen LogP contribution in [0.4, 0.5) is 4.79 Å². The van der Waals surface area contributed by atoms with Crippen LogP contribution in [0.15, 0.2) is 91.0 Å². The van der Waals surface area contributed by atoms with Gasteiger partial charge in [-0.05, 0) is 11.5 Å². The molecular weight excluding hydrogens is 444 g/mol. The molecule has 3 aromatic rings. The van der Waals surface area contributed by atoms with Gasteiger partial charge in [-0.25, -0.2) is 9.69 Å². The molecule has 0 N–H and O–H groups in total. The average molecular weight is 473 g/mol. The van der Waals surface area contributed by atoms with Crippen LogP contribution < -0.4 is 0 Å². The Balaban J connectivity index is 1.77. The quantitative estimate of drug-likeness (QED) is 0.324. The Kier molecular flexibility index (Phi) is 6.96. The van der Waals surface area contributed by atoms with Crippen LogP contribution in [0.2, 0.25) is 0 Å². The molecule has 2 atom stereocenters. The number of imide groups is 1. The Morgan fingerprint density at radius 1 is 0.943 bits per heavy atom. The first kappa shape index (κ1) is 24.1. The summed E-state index contributed by atoms with van der Waals surface area (Å²) < 4.78 is 6.13. The molecule has 0 bridgehead atoms. The Bertz CT molecular complexity index is 1140. The summed E-state index contributed by atoms with van der Waals surface area (Å²) in [6.45, 7) is 3.48. The third-order valence-corrected chi connectivity index (χ3v) is 6.51. The van der Waals surface area contributed by atoms with E-state index in [9.17, 15) is 19.7 Å². The Morgan fingerprint density at radius 2 is 1.43 bits per heavy atom. The molecule has 7 nitrogen and oxygen atoms in total. The van der Waals surface area contributed by atoms with Gasteiger partial charge in [-0.1, -0.05) is 105 Å². The van der Waals surface area contributed by atoms with Gasteiger partial charge in [0.1, 0.15) is 0 Å². The smallest absolute Gasteiger partial charge is 0.418 e. The number of nitro groups is 1. The second-order valence-electron chi connectivity index (χ2n) is 9.12. The zero-order valence-corrected chi connectivity index (χ0v) is 19.7. The number of amides is 2. The van der Waals surface area contributed by atoms with Gasteiger partial charge in [-0.2, -0.15) is 0 Å². The molecule has 1 saturated heterocycles. The van der Waals surface area contributed by atoms with E-state index in [1.807, 2.05) is 80.6 Å². The number of hydrogen-bond acceptors (Lipinski definition) is 5. The number of benzene rings is 3. The maximum atomic E-state index is 13.7. The Hall–Kier alpha value is -4.00. The minimum Gasteiger partial charge on any atom is -0.430 e. The lowest BCUT2D eigenvalue weighted by molar-refractivity contribution is -0.483. The zero-order valence-electron chi connectivity index (χ0n) is 19.7. The molecule has 2 amide bonds. The Labute approximate surface area is 204 Å². The molecule has 0 saturated carbocycles. The summed E-state index contributed by atoms with van der Waals surface area (Å²) >= 11 is 0. The monoisotopic (exact) mass is 472 g/mol. The Morgan fingerprint density at radius 3 is 1.89 bits per heavy atom. The van der Waals surface area contributed by atoms with Gasteiger partial charge in [0.25, 0.3) is 0 Å². The summed E-state index contributed by atoms with van der Waals surface area (Å²) in [5, 5.41) is 11.4. The van der Waals surface area contributed by atoms with Crippen LogP contribution in [0.5, 0.6) is 0 Å². The summed E-state index contributed by atoms with van der Waals surface area (Å²) in [6, 6.07) is 27.1. The first-order valence-electron chi connectivity index (χ1n) is 11.7. The summed E-state index contributed by atoms with van der Waals surface area (Å²) in [6.07, 6.45) is -0.919. The van der Waals surface area contributed by atoms with E-state index in [0.717, 1.165) is 11.1 Å². The van der Waals surface area contributed by atoms with Crippen molar-refractivity contribution in [2.24, 2.45) is 5.92 Å². The van der Waals surface area contributed by atoms with Crippen molar-refractivity contribution >= 4 is 12.0 Å². The van der Waals surface area contributed by atoms with Gasteiger partial charge >= 0.3 is 6.09 Å². The van der Waals surface area contributed by atoms with Crippen molar-refractivity contribution in [3.63, 3.8) is 0 Å². The minimum absolute atomic E-state index is 0.156. The highest BCUT2D eigenvalue weighted by Gasteiger charge is 2.59. The van der Waals surface area contributed by atoms with Crippen LogP contribution in [-0.2, 0) is 15.1 Å². The molecule has 1 aliphatic rings. The molecule has 7 heteroatoms. The second kappa shape index (κ2) is 10.1. The third kappa shape index (κ3) is 4.67. The number of rotatable bonds is 8. The van der Waals surface area contributed by atoms with Crippen molar-refractivity contribution in [1.82, 2.24) is 4.90 Å². The number of carbonyl (C=O) groups is 2.